The average Bonchev–Trinajstić information content (AvgIpc) is 2.74. The lowest BCUT2D eigenvalue weighted by Crippen LogP contribution is -2.42. The Balaban J connectivity index is 1.81. The van der Waals surface area contributed by atoms with Crippen LogP contribution in [0.4, 0.5) is 4.79 Å². The van der Waals surface area contributed by atoms with Gasteiger partial charge in [0.1, 0.15) is 10.2 Å². The van der Waals surface area contributed by atoms with Crippen molar-refractivity contribution in [2.45, 2.75) is 45.8 Å². The van der Waals surface area contributed by atoms with Crippen LogP contribution in [-0.4, -0.2) is 39.5 Å². The van der Waals surface area contributed by atoms with Gasteiger partial charge >= 0.3 is 6.09 Å². The van der Waals surface area contributed by atoms with Gasteiger partial charge in [0.25, 0.3) is 0 Å². The number of piperidine rings is 1. The maximum Gasteiger partial charge on any atom is 0.410 e. The van der Waals surface area contributed by atoms with E-state index in [0.717, 1.165) is 37.1 Å². The first kappa shape index (κ1) is 15.4. The first-order valence-electron chi connectivity index (χ1n) is 7.00. The Morgan fingerprint density at radius 3 is 2.60 bits per heavy atom. The predicted octanol–water partition coefficient (Wildman–Crippen LogP) is 3.29. The highest BCUT2D eigenvalue weighted by Crippen LogP contribution is 2.22. The van der Waals surface area contributed by atoms with E-state index >= 15 is 0 Å². The Hall–Kier alpha value is -1.04. The minimum Gasteiger partial charge on any atom is -0.444 e. The molecule has 0 aliphatic carbocycles. The molecule has 6 heteroatoms. The van der Waals surface area contributed by atoms with Crippen molar-refractivity contribution >= 4 is 22.0 Å². The topological polar surface area (TPSA) is 47.4 Å². The van der Waals surface area contributed by atoms with E-state index < -0.39 is 5.60 Å². The van der Waals surface area contributed by atoms with E-state index in [-0.39, 0.29) is 6.09 Å². The zero-order chi connectivity index (χ0) is 14.8. The number of ether oxygens (including phenoxy) is 1. The molecule has 112 valence electrons. The normalized spacial score (nSPS) is 17.3. The minimum atomic E-state index is -0.423. The highest BCUT2D eigenvalue weighted by atomic mass is 79.9. The molecule has 1 aliphatic rings. The summed E-state index contributed by atoms with van der Waals surface area (Å²) in [6.07, 6.45) is 3.58. The van der Waals surface area contributed by atoms with Gasteiger partial charge in [0, 0.05) is 19.6 Å². The molecule has 1 aromatic heterocycles. The third kappa shape index (κ3) is 4.23. The number of rotatable bonds is 2. The monoisotopic (exact) mass is 343 g/mol. The van der Waals surface area contributed by atoms with Crippen LogP contribution in [0.1, 0.15) is 33.6 Å². The summed E-state index contributed by atoms with van der Waals surface area (Å²) in [5, 5.41) is 4.28. The number of nitrogens with zero attached hydrogens (tertiary/aromatic N) is 3. The van der Waals surface area contributed by atoms with E-state index in [1.54, 1.807) is 11.1 Å². The van der Waals surface area contributed by atoms with Crippen molar-refractivity contribution in [3.05, 3.63) is 16.9 Å². The van der Waals surface area contributed by atoms with Crippen molar-refractivity contribution in [3.8, 4) is 0 Å². The summed E-state index contributed by atoms with van der Waals surface area (Å²) in [6.45, 7) is 8.11. The molecule has 2 rings (SSSR count). The number of aromatic nitrogens is 2. The number of hydrogen-bond acceptors (Lipinski definition) is 3. The van der Waals surface area contributed by atoms with Crippen LogP contribution in [-0.2, 0) is 11.3 Å². The van der Waals surface area contributed by atoms with Crippen molar-refractivity contribution in [2.24, 2.45) is 5.92 Å². The lowest BCUT2D eigenvalue weighted by Gasteiger charge is -2.33. The zero-order valence-electron chi connectivity index (χ0n) is 12.3. The molecule has 1 aromatic rings. The summed E-state index contributed by atoms with van der Waals surface area (Å²) in [4.78, 5) is 13.8. The third-order valence-electron chi connectivity index (χ3n) is 3.36. The molecule has 0 unspecified atom stereocenters. The van der Waals surface area contributed by atoms with Crippen LogP contribution in [0.5, 0.6) is 0 Å². The summed E-state index contributed by atoms with van der Waals surface area (Å²) in [5.74, 6) is 0.560. The molecule has 2 heterocycles. The molecule has 5 nitrogen and oxygen atoms in total. The standard InChI is InChI=1S/C14H22BrN3O2/c1-14(2,3)20-13(19)17-8-5-11(6-9-17)10-18-12(15)4-7-16-18/h4,7,11H,5-6,8-10H2,1-3H3. The van der Waals surface area contributed by atoms with E-state index in [1.807, 2.05) is 31.5 Å². The van der Waals surface area contributed by atoms with Gasteiger partial charge in [0.2, 0.25) is 0 Å². The van der Waals surface area contributed by atoms with Gasteiger partial charge in [0.15, 0.2) is 0 Å². The van der Waals surface area contributed by atoms with E-state index in [0.29, 0.717) is 5.92 Å². The third-order valence-corrected chi connectivity index (χ3v) is 4.04. The van der Waals surface area contributed by atoms with Crippen molar-refractivity contribution in [1.82, 2.24) is 14.7 Å². The molecule has 0 atom stereocenters. The molecular formula is C14H22BrN3O2. The van der Waals surface area contributed by atoms with Crippen molar-refractivity contribution in [1.29, 1.82) is 0 Å². The van der Waals surface area contributed by atoms with Gasteiger partial charge in [-0.1, -0.05) is 0 Å². The molecule has 0 bridgehead atoms. The SMILES string of the molecule is CC(C)(C)OC(=O)N1CCC(Cn2nccc2Br)CC1. The number of halogens is 1. The number of carbonyl (C=O) groups is 1. The van der Waals surface area contributed by atoms with Crippen LogP contribution < -0.4 is 0 Å². The molecule has 20 heavy (non-hydrogen) atoms. The van der Waals surface area contributed by atoms with Crippen molar-refractivity contribution < 1.29 is 9.53 Å². The van der Waals surface area contributed by atoms with Gasteiger partial charge in [-0.2, -0.15) is 5.10 Å². The Morgan fingerprint density at radius 1 is 1.45 bits per heavy atom. The van der Waals surface area contributed by atoms with Crippen LogP contribution in [0.25, 0.3) is 0 Å². The first-order valence-corrected chi connectivity index (χ1v) is 7.80. The fraction of sp³-hybridized carbons (Fsp3) is 0.714. The molecule has 0 aromatic carbocycles. The Labute approximate surface area is 128 Å². The number of hydrogen-bond donors (Lipinski definition) is 0. The number of likely N-dealkylation sites (tertiary alicyclic amines) is 1. The summed E-state index contributed by atoms with van der Waals surface area (Å²) < 4.78 is 8.37. The smallest absolute Gasteiger partial charge is 0.410 e. The average molecular weight is 344 g/mol. The first-order chi connectivity index (χ1) is 9.35. The lowest BCUT2D eigenvalue weighted by atomic mass is 9.97. The van der Waals surface area contributed by atoms with Gasteiger partial charge in [-0.25, -0.2) is 4.79 Å². The summed E-state index contributed by atoms with van der Waals surface area (Å²) in [6, 6.07) is 1.94. The van der Waals surface area contributed by atoms with Crippen LogP contribution >= 0.6 is 15.9 Å². The van der Waals surface area contributed by atoms with Crippen LogP contribution in [0.15, 0.2) is 16.9 Å². The van der Waals surface area contributed by atoms with Crippen LogP contribution in [0.2, 0.25) is 0 Å². The molecule has 0 radical (unpaired) electrons. The lowest BCUT2D eigenvalue weighted by molar-refractivity contribution is 0.0177. The van der Waals surface area contributed by atoms with E-state index in [1.165, 1.54) is 0 Å². The van der Waals surface area contributed by atoms with Gasteiger partial charge in [-0.05, 0) is 61.5 Å². The summed E-state index contributed by atoms with van der Waals surface area (Å²) in [7, 11) is 0. The fourth-order valence-corrected chi connectivity index (χ4v) is 2.67. The van der Waals surface area contributed by atoms with Crippen LogP contribution in [0, 0.1) is 5.92 Å². The van der Waals surface area contributed by atoms with Crippen molar-refractivity contribution in [3.63, 3.8) is 0 Å². The second-order valence-electron chi connectivity index (χ2n) is 6.25. The van der Waals surface area contributed by atoms with E-state index in [2.05, 4.69) is 21.0 Å². The quantitative estimate of drug-likeness (QED) is 0.827. The second kappa shape index (κ2) is 6.16. The predicted molar refractivity (Wildman–Crippen MR) is 80.5 cm³/mol. The van der Waals surface area contributed by atoms with Crippen molar-refractivity contribution in [2.75, 3.05) is 13.1 Å². The molecule has 0 N–H and O–H groups in total. The summed E-state index contributed by atoms with van der Waals surface area (Å²) in [5.41, 5.74) is -0.423. The van der Waals surface area contributed by atoms with Gasteiger partial charge in [-0.3, -0.25) is 4.68 Å². The van der Waals surface area contributed by atoms with E-state index in [4.69, 9.17) is 4.74 Å². The number of amides is 1. The Morgan fingerprint density at radius 2 is 2.10 bits per heavy atom. The zero-order valence-corrected chi connectivity index (χ0v) is 13.9. The maximum atomic E-state index is 12.0. The van der Waals surface area contributed by atoms with Gasteiger partial charge < -0.3 is 9.64 Å². The molecule has 1 amide bonds. The number of carbonyl (C=O) groups excluding carboxylic acids is 1. The largest absolute Gasteiger partial charge is 0.444 e. The maximum absolute atomic E-state index is 12.0. The van der Waals surface area contributed by atoms with Gasteiger partial charge in [-0.15, -0.1) is 0 Å². The highest BCUT2D eigenvalue weighted by Gasteiger charge is 2.27. The highest BCUT2D eigenvalue weighted by molar-refractivity contribution is 9.10. The Bertz CT molecular complexity index is 459. The Kier molecular flexibility index (Phi) is 4.73. The fourth-order valence-electron chi connectivity index (χ4n) is 2.32. The molecule has 1 saturated heterocycles. The minimum absolute atomic E-state index is 0.198. The summed E-state index contributed by atoms with van der Waals surface area (Å²) >= 11 is 3.48. The van der Waals surface area contributed by atoms with Crippen LogP contribution in [0.3, 0.4) is 0 Å². The molecule has 1 aliphatic heterocycles. The molecular weight excluding hydrogens is 322 g/mol. The molecule has 0 spiro atoms. The van der Waals surface area contributed by atoms with Gasteiger partial charge in [0.05, 0.1) is 6.20 Å². The molecule has 1 fully saturated rings. The second-order valence-corrected chi connectivity index (χ2v) is 7.06. The molecule has 0 saturated carbocycles. The van der Waals surface area contributed by atoms with E-state index in [9.17, 15) is 4.79 Å².